The minimum absolute atomic E-state index is 0.0368. The van der Waals surface area contributed by atoms with Crippen LogP contribution >= 0.6 is 0 Å². The molecule has 0 saturated heterocycles. The molecule has 1 aliphatic carbocycles. The van der Waals surface area contributed by atoms with Crippen LogP contribution in [0.15, 0.2) is 4.99 Å². The molecule has 1 aliphatic rings. The summed E-state index contributed by atoms with van der Waals surface area (Å²) in [4.78, 5) is 16.5. The second kappa shape index (κ2) is 8.79. The molecule has 0 radical (unpaired) electrons. The van der Waals surface area contributed by atoms with Gasteiger partial charge in [0, 0.05) is 6.54 Å². The number of amides is 1. The van der Waals surface area contributed by atoms with Crippen molar-refractivity contribution in [3.8, 4) is 0 Å². The fourth-order valence-electron chi connectivity index (χ4n) is 2.24. The molecule has 0 heterocycles. The molecule has 1 rings (SSSR count). The van der Waals surface area contributed by atoms with E-state index in [0.29, 0.717) is 24.5 Å². The number of hydrazine groups is 1. The molecule has 0 aromatic heterocycles. The third kappa shape index (κ3) is 6.23. The molecule has 0 aromatic carbocycles. The highest BCUT2D eigenvalue weighted by Gasteiger charge is 2.17. The van der Waals surface area contributed by atoms with Gasteiger partial charge in [0.1, 0.15) is 6.04 Å². The zero-order valence-corrected chi connectivity index (χ0v) is 12.9. The van der Waals surface area contributed by atoms with Gasteiger partial charge in [-0.15, -0.1) is 0 Å². The number of aliphatic imine (C=N–C) groups is 1. The minimum atomic E-state index is -0.354. The number of hydrogen-bond acceptors (Lipinski definition) is 3. The van der Waals surface area contributed by atoms with Crippen molar-refractivity contribution in [2.24, 2.45) is 16.8 Å². The van der Waals surface area contributed by atoms with E-state index in [-0.39, 0.29) is 11.9 Å². The molecule has 6 heteroatoms. The van der Waals surface area contributed by atoms with Crippen molar-refractivity contribution in [2.45, 2.75) is 65.0 Å². The van der Waals surface area contributed by atoms with Gasteiger partial charge in [-0.05, 0) is 25.7 Å². The number of carbonyl (C=O) groups excluding carboxylic acids is 1. The van der Waals surface area contributed by atoms with E-state index >= 15 is 0 Å². The van der Waals surface area contributed by atoms with E-state index in [2.05, 4.69) is 34.9 Å². The van der Waals surface area contributed by atoms with Crippen molar-refractivity contribution in [2.75, 3.05) is 6.54 Å². The summed E-state index contributed by atoms with van der Waals surface area (Å²) in [7, 11) is 0. The summed E-state index contributed by atoms with van der Waals surface area (Å²) in [5.74, 6) is 6.39. The van der Waals surface area contributed by atoms with Crippen molar-refractivity contribution in [1.29, 1.82) is 0 Å². The lowest BCUT2D eigenvalue weighted by Gasteiger charge is -2.21. The van der Waals surface area contributed by atoms with Gasteiger partial charge in [0.15, 0.2) is 0 Å². The molecule has 0 spiro atoms. The molecule has 5 N–H and O–H groups in total. The van der Waals surface area contributed by atoms with Crippen LogP contribution in [0.25, 0.3) is 0 Å². The molecule has 1 unspecified atom stereocenters. The molecule has 0 bridgehead atoms. The molecular formula is C14H29N5O. The normalized spacial score (nSPS) is 18.8. The van der Waals surface area contributed by atoms with Gasteiger partial charge >= 0.3 is 0 Å². The van der Waals surface area contributed by atoms with E-state index in [4.69, 9.17) is 5.84 Å². The average Bonchev–Trinajstić information content (AvgIpc) is 2.44. The highest BCUT2D eigenvalue weighted by Crippen LogP contribution is 2.19. The lowest BCUT2D eigenvalue weighted by molar-refractivity contribution is -0.122. The third-order valence-electron chi connectivity index (χ3n) is 3.45. The number of nitrogens with two attached hydrogens (primary N) is 1. The van der Waals surface area contributed by atoms with E-state index in [0.717, 1.165) is 12.8 Å². The van der Waals surface area contributed by atoms with E-state index in [1.807, 2.05) is 6.92 Å². The van der Waals surface area contributed by atoms with Gasteiger partial charge < -0.3 is 10.6 Å². The summed E-state index contributed by atoms with van der Waals surface area (Å²) in [6.07, 6.45) is 5.92. The monoisotopic (exact) mass is 283 g/mol. The zero-order valence-electron chi connectivity index (χ0n) is 12.9. The number of nitrogens with one attached hydrogen (secondary N) is 3. The molecule has 1 amide bonds. The lowest BCUT2D eigenvalue weighted by Crippen LogP contribution is -2.51. The van der Waals surface area contributed by atoms with Crippen LogP contribution in [0.2, 0.25) is 0 Å². The Hall–Kier alpha value is -1.30. The van der Waals surface area contributed by atoms with Crippen LogP contribution in [0.1, 0.15) is 52.9 Å². The summed E-state index contributed by atoms with van der Waals surface area (Å²) in [5.41, 5.74) is 2.56. The van der Waals surface area contributed by atoms with Crippen molar-refractivity contribution < 1.29 is 4.79 Å². The molecule has 20 heavy (non-hydrogen) atoms. The summed E-state index contributed by atoms with van der Waals surface area (Å²) in [6.45, 7) is 6.62. The fourth-order valence-corrected chi connectivity index (χ4v) is 2.24. The molecule has 1 atom stereocenters. The van der Waals surface area contributed by atoms with Crippen LogP contribution < -0.4 is 21.9 Å². The molecule has 1 saturated carbocycles. The predicted molar refractivity (Wildman–Crippen MR) is 82.1 cm³/mol. The van der Waals surface area contributed by atoms with E-state index in [9.17, 15) is 4.79 Å². The number of hydrogen-bond donors (Lipinski definition) is 4. The quantitative estimate of drug-likeness (QED) is 0.261. The highest BCUT2D eigenvalue weighted by atomic mass is 16.2. The van der Waals surface area contributed by atoms with Gasteiger partial charge in [-0.25, -0.2) is 10.8 Å². The summed E-state index contributed by atoms with van der Waals surface area (Å²) in [6, 6.07) is -0.0413. The summed E-state index contributed by atoms with van der Waals surface area (Å²) in [5, 5.41) is 5.93. The predicted octanol–water partition coefficient (Wildman–Crippen LogP) is 0.889. The van der Waals surface area contributed by atoms with Crippen molar-refractivity contribution in [3.63, 3.8) is 0 Å². The van der Waals surface area contributed by atoms with Gasteiger partial charge in [0.25, 0.3) is 0 Å². The van der Waals surface area contributed by atoms with Crippen molar-refractivity contribution in [1.82, 2.24) is 16.1 Å². The molecule has 6 nitrogen and oxygen atoms in total. The first-order valence-corrected chi connectivity index (χ1v) is 7.61. The van der Waals surface area contributed by atoms with Gasteiger partial charge in [-0.1, -0.05) is 33.1 Å². The van der Waals surface area contributed by atoms with E-state index < -0.39 is 0 Å². The maximum Gasteiger partial charge on any atom is 0.242 e. The fraction of sp³-hybridized carbons (Fsp3) is 0.857. The SMILES string of the molecule is CC(C)CNC(=O)C(C)NC(=NC1CCCCC1)NN. The lowest BCUT2D eigenvalue weighted by atomic mass is 9.96. The first-order valence-electron chi connectivity index (χ1n) is 7.61. The van der Waals surface area contributed by atoms with Gasteiger partial charge in [-0.3, -0.25) is 10.2 Å². The van der Waals surface area contributed by atoms with Crippen molar-refractivity contribution in [3.05, 3.63) is 0 Å². The standard InChI is InChI=1S/C14H29N5O/c1-10(2)9-16-13(20)11(3)17-14(19-15)18-12-7-5-4-6-8-12/h10-12H,4-9,15H2,1-3H3,(H,16,20)(H2,17,18,19). The summed E-state index contributed by atoms with van der Waals surface area (Å²) < 4.78 is 0. The topological polar surface area (TPSA) is 91.5 Å². The molecule has 0 aromatic rings. The first-order chi connectivity index (χ1) is 9.52. The Bertz CT molecular complexity index is 324. The first kappa shape index (κ1) is 16.8. The van der Waals surface area contributed by atoms with E-state index in [1.54, 1.807) is 0 Å². The van der Waals surface area contributed by atoms with Crippen LogP contribution in [-0.2, 0) is 4.79 Å². The Morgan fingerprint density at radius 2 is 1.90 bits per heavy atom. The van der Waals surface area contributed by atoms with Crippen LogP contribution in [0.4, 0.5) is 0 Å². The summed E-state index contributed by atoms with van der Waals surface area (Å²) >= 11 is 0. The third-order valence-corrected chi connectivity index (χ3v) is 3.45. The highest BCUT2D eigenvalue weighted by molar-refractivity contribution is 5.88. The maximum atomic E-state index is 11.9. The minimum Gasteiger partial charge on any atom is -0.354 e. The smallest absolute Gasteiger partial charge is 0.242 e. The average molecular weight is 283 g/mol. The number of rotatable bonds is 5. The molecule has 1 fully saturated rings. The zero-order chi connectivity index (χ0) is 15.0. The Morgan fingerprint density at radius 1 is 1.25 bits per heavy atom. The van der Waals surface area contributed by atoms with Gasteiger partial charge in [0.05, 0.1) is 6.04 Å². The second-order valence-electron chi connectivity index (χ2n) is 5.92. The molecular weight excluding hydrogens is 254 g/mol. The Kier molecular flexibility index (Phi) is 7.36. The largest absolute Gasteiger partial charge is 0.354 e. The van der Waals surface area contributed by atoms with Gasteiger partial charge in [-0.2, -0.15) is 0 Å². The number of nitrogens with zero attached hydrogens (tertiary/aromatic N) is 1. The Morgan fingerprint density at radius 3 is 2.45 bits per heavy atom. The maximum absolute atomic E-state index is 11.9. The molecule has 116 valence electrons. The van der Waals surface area contributed by atoms with Crippen LogP contribution in [0.5, 0.6) is 0 Å². The van der Waals surface area contributed by atoms with Gasteiger partial charge in [0.2, 0.25) is 11.9 Å². The van der Waals surface area contributed by atoms with Crippen LogP contribution in [-0.4, -0.2) is 30.5 Å². The number of carbonyl (C=O) groups is 1. The second-order valence-corrected chi connectivity index (χ2v) is 5.92. The Balaban J connectivity index is 2.45. The Labute approximate surface area is 121 Å². The van der Waals surface area contributed by atoms with Crippen LogP contribution in [0, 0.1) is 5.92 Å². The van der Waals surface area contributed by atoms with E-state index in [1.165, 1.54) is 19.3 Å². The van der Waals surface area contributed by atoms with Crippen molar-refractivity contribution >= 4 is 11.9 Å². The molecule has 0 aliphatic heterocycles. The number of guanidine groups is 1. The van der Waals surface area contributed by atoms with Crippen LogP contribution in [0.3, 0.4) is 0 Å².